The van der Waals surface area contributed by atoms with Crippen molar-refractivity contribution in [3.63, 3.8) is 0 Å². The van der Waals surface area contributed by atoms with E-state index in [1.165, 1.54) is 27.5 Å². The Balaban J connectivity index is 1.83. The highest BCUT2D eigenvalue weighted by atomic mass is 16.1. The highest BCUT2D eigenvalue weighted by Crippen LogP contribution is 2.33. The number of benzene rings is 4. The zero-order chi connectivity index (χ0) is 18.4. The van der Waals surface area contributed by atoms with Gasteiger partial charge in [-0.1, -0.05) is 78.3 Å². The molecule has 128 valence electrons. The average Bonchev–Trinajstić information content (AvgIpc) is 3.10. The lowest BCUT2D eigenvalue weighted by atomic mass is 9.37. The predicted molar refractivity (Wildman–Crippen MR) is 117 cm³/mol. The number of fused-ring (bicyclic) bond motifs is 8. The van der Waals surface area contributed by atoms with Gasteiger partial charge in [0.15, 0.2) is 0 Å². The van der Waals surface area contributed by atoms with E-state index in [0.717, 1.165) is 27.4 Å². The van der Waals surface area contributed by atoms with Gasteiger partial charge < -0.3 is 0 Å². The van der Waals surface area contributed by atoms with Gasteiger partial charge >= 0.3 is 0 Å². The van der Waals surface area contributed by atoms with E-state index in [1.807, 2.05) is 28.8 Å². The fraction of sp³-hybridized carbons (Fsp3) is 0. The predicted octanol–water partition coefficient (Wildman–Crippen LogP) is 2.95. The van der Waals surface area contributed by atoms with Gasteiger partial charge in [0.2, 0.25) is 6.71 Å². The Hall–Kier alpha value is -3.59. The van der Waals surface area contributed by atoms with Crippen LogP contribution in [0.15, 0.2) is 89.7 Å². The van der Waals surface area contributed by atoms with Gasteiger partial charge in [0.05, 0.1) is 5.52 Å². The summed E-state index contributed by atoms with van der Waals surface area (Å²) in [6.07, 6.45) is 0. The molecule has 4 aromatic carbocycles. The topological polar surface area (TPSA) is 22.0 Å². The molecule has 0 saturated carbocycles. The number of hydrogen-bond donors (Lipinski definition) is 0. The molecule has 0 aliphatic carbocycles. The zero-order valence-electron chi connectivity index (χ0n) is 15.0. The Morgan fingerprint density at radius 1 is 0.607 bits per heavy atom. The second-order valence-electron chi connectivity index (χ2n) is 7.69. The molecule has 1 aromatic heterocycles. The summed E-state index contributed by atoms with van der Waals surface area (Å²) in [5, 5.41) is 2.97. The summed E-state index contributed by atoms with van der Waals surface area (Å²) in [6.45, 7) is 0.187. The van der Waals surface area contributed by atoms with Crippen LogP contribution in [-0.2, 0) is 0 Å². The highest BCUT2D eigenvalue weighted by molar-refractivity contribution is 7.01. The van der Waals surface area contributed by atoms with Crippen molar-refractivity contribution in [3.8, 4) is 16.8 Å². The van der Waals surface area contributed by atoms with E-state index in [4.69, 9.17) is 0 Å². The lowest BCUT2D eigenvalue weighted by molar-refractivity contribution is 1.07. The molecule has 7 rings (SSSR count). The standard InChI is InChI=1S/C25H14BNO/c28-25-19-9-2-1-7-15(19)18-14-13-17-16-8-3-4-10-20(16)26-21-11-5-6-12-22(21)27(25)24(18)23(17)26/h1-14H. The van der Waals surface area contributed by atoms with Crippen molar-refractivity contribution in [2.45, 2.75) is 0 Å². The molecule has 0 fully saturated rings. The smallest absolute Gasteiger partial charge is 0.263 e. The third kappa shape index (κ3) is 1.51. The maximum atomic E-state index is 13.6. The summed E-state index contributed by atoms with van der Waals surface area (Å²) >= 11 is 0. The number of hydrogen-bond acceptors (Lipinski definition) is 1. The lowest BCUT2D eigenvalue weighted by Crippen LogP contribution is -2.54. The molecule has 2 aliphatic rings. The number of pyridine rings is 1. The van der Waals surface area contributed by atoms with E-state index in [2.05, 4.69) is 60.7 Å². The monoisotopic (exact) mass is 355 g/mol. The van der Waals surface area contributed by atoms with Gasteiger partial charge in [-0.05, 0) is 39.6 Å². The minimum absolute atomic E-state index is 0.0679. The zero-order valence-corrected chi connectivity index (χ0v) is 15.0. The van der Waals surface area contributed by atoms with E-state index in [1.54, 1.807) is 0 Å². The van der Waals surface area contributed by atoms with Crippen molar-refractivity contribution in [1.82, 2.24) is 4.57 Å². The molecule has 0 unspecified atom stereocenters. The summed E-state index contributed by atoms with van der Waals surface area (Å²) < 4.78 is 1.95. The lowest BCUT2D eigenvalue weighted by Gasteiger charge is -2.26. The number of para-hydroxylation sites is 1. The first-order chi connectivity index (χ1) is 13.8. The van der Waals surface area contributed by atoms with Gasteiger partial charge in [0.1, 0.15) is 0 Å². The quantitative estimate of drug-likeness (QED) is 0.303. The van der Waals surface area contributed by atoms with Crippen molar-refractivity contribution < 1.29 is 0 Å². The minimum atomic E-state index is 0.0679. The molecular formula is C25H14BNO. The summed E-state index contributed by atoms with van der Waals surface area (Å²) in [6, 6.07) is 29.4. The normalized spacial score (nSPS) is 13.1. The SMILES string of the molecule is O=c1c2ccccc2c2ccc3c4c2n1-c1ccccc1B4c1ccccc1-3. The van der Waals surface area contributed by atoms with Crippen LogP contribution in [0.1, 0.15) is 0 Å². The molecule has 0 bridgehead atoms. The van der Waals surface area contributed by atoms with Gasteiger partial charge in [-0.2, -0.15) is 0 Å². The first-order valence-electron chi connectivity index (χ1n) is 9.63. The van der Waals surface area contributed by atoms with Gasteiger partial charge in [-0.25, -0.2) is 0 Å². The van der Waals surface area contributed by atoms with Crippen LogP contribution in [0.25, 0.3) is 38.5 Å². The van der Waals surface area contributed by atoms with Crippen molar-refractivity contribution in [2.75, 3.05) is 0 Å². The van der Waals surface area contributed by atoms with Crippen LogP contribution in [-0.4, -0.2) is 11.3 Å². The van der Waals surface area contributed by atoms with Crippen molar-refractivity contribution in [3.05, 3.63) is 95.3 Å². The Morgan fingerprint density at radius 2 is 1.32 bits per heavy atom. The number of nitrogens with zero attached hydrogens (tertiary/aromatic N) is 1. The Kier molecular flexibility index (Phi) is 2.49. The molecule has 3 heterocycles. The van der Waals surface area contributed by atoms with Gasteiger partial charge in [-0.15, -0.1) is 0 Å². The molecule has 5 aromatic rings. The van der Waals surface area contributed by atoms with E-state index in [9.17, 15) is 4.79 Å². The third-order valence-corrected chi connectivity index (χ3v) is 6.43. The van der Waals surface area contributed by atoms with Crippen LogP contribution in [0.2, 0.25) is 0 Å². The number of rotatable bonds is 0. The molecule has 2 nitrogen and oxygen atoms in total. The van der Waals surface area contributed by atoms with Crippen molar-refractivity contribution in [2.24, 2.45) is 0 Å². The van der Waals surface area contributed by atoms with E-state index in [0.29, 0.717) is 0 Å². The van der Waals surface area contributed by atoms with Crippen LogP contribution in [0.4, 0.5) is 0 Å². The van der Waals surface area contributed by atoms with Crippen LogP contribution in [0, 0.1) is 0 Å². The summed E-state index contributed by atoms with van der Waals surface area (Å²) in [4.78, 5) is 13.6. The van der Waals surface area contributed by atoms with Crippen LogP contribution >= 0.6 is 0 Å². The average molecular weight is 355 g/mol. The maximum absolute atomic E-state index is 13.6. The molecule has 28 heavy (non-hydrogen) atoms. The largest absolute Gasteiger partial charge is 0.277 e. The molecule has 0 radical (unpaired) electrons. The Bertz CT molecular complexity index is 1550. The molecule has 0 spiro atoms. The fourth-order valence-electron chi connectivity index (χ4n) is 5.36. The Morgan fingerprint density at radius 3 is 2.21 bits per heavy atom. The molecule has 2 aliphatic heterocycles. The van der Waals surface area contributed by atoms with E-state index >= 15 is 0 Å². The van der Waals surface area contributed by atoms with Crippen molar-refractivity contribution >= 4 is 44.8 Å². The Labute approximate surface area is 161 Å². The van der Waals surface area contributed by atoms with Crippen molar-refractivity contribution in [1.29, 1.82) is 0 Å². The van der Waals surface area contributed by atoms with Gasteiger partial charge in [-0.3, -0.25) is 9.36 Å². The second-order valence-corrected chi connectivity index (χ2v) is 7.69. The van der Waals surface area contributed by atoms with Gasteiger partial charge in [0, 0.05) is 16.5 Å². The molecule has 0 atom stereocenters. The van der Waals surface area contributed by atoms with Crippen LogP contribution in [0.3, 0.4) is 0 Å². The third-order valence-electron chi connectivity index (χ3n) is 6.43. The van der Waals surface area contributed by atoms with Gasteiger partial charge in [0.25, 0.3) is 5.56 Å². The fourth-order valence-corrected chi connectivity index (χ4v) is 5.36. The van der Waals surface area contributed by atoms with E-state index < -0.39 is 0 Å². The van der Waals surface area contributed by atoms with Crippen LogP contribution in [0.5, 0.6) is 0 Å². The highest BCUT2D eigenvalue weighted by Gasteiger charge is 2.40. The second kappa shape index (κ2) is 4.82. The molecule has 0 amide bonds. The van der Waals surface area contributed by atoms with Crippen LogP contribution < -0.4 is 21.9 Å². The molecule has 0 saturated heterocycles. The summed E-state index contributed by atoms with van der Waals surface area (Å²) in [5.74, 6) is 0. The molecule has 0 N–H and O–H groups in total. The number of aromatic nitrogens is 1. The first-order valence-corrected chi connectivity index (χ1v) is 9.63. The van der Waals surface area contributed by atoms with E-state index in [-0.39, 0.29) is 12.3 Å². The minimum Gasteiger partial charge on any atom is -0.277 e. The maximum Gasteiger partial charge on any atom is 0.263 e. The molecule has 3 heteroatoms. The summed E-state index contributed by atoms with van der Waals surface area (Å²) in [5.41, 5.74) is 8.52. The first kappa shape index (κ1) is 14.5. The molecular weight excluding hydrogens is 341 g/mol. The summed E-state index contributed by atoms with van der Waals surface area (Å²) in [7, 11) is 0.